The molecule has 0 radical (unpaired) electrons. The Balaban J connectivity index is 1.53. The van der Waals surface area contributed by atoms with Crippen LogP contribution in [0, 0.1) is 0 Å². The molecule has 31 heavy (non-hydrogen) atoms. The number of carboxylic acid groups (broad SMARTS) is 1. The fourth-order valence-corrected chi connectivity index (χ4v) is 6.01. The number of nitrogens with zero attached hydrogens (tertiary/aromatic N) is 4. The summed E-state index contributed by atoms with van der Waals surface area (Å²) in [6, 6.07) is -1.52. The number of amides is 2. The maximum Gasteiger partial charge on any atom is 0.353 e. The van der Waals surface area contributed by atoms with Gasteiger partial charge in [-0.2, -0.15) is 0 Å². The first kappa shape index (κ1) is 21.5. The lowest BCUT2D eigenvalue weighted by Gasteiger charge is -2.50. The van der Waals surface area contributed by atoms with Gasteiger partial charge >= 0.3 is 5.97 Å². The van der Waals surface area contributed by atoms with E-state index in [0.29, 0.717) is 22.8 Å². The van der Waals surface area contributed by atoms with Gasteiger partial charge in [-0.25, -0.2) is 14.8 Å². The second kappa shape index (κ2) is 8.45. The number of nitrogens with two attached hydrogens (primary N) is 1. The number of anilines is 1. The second-order valence-corrected chi connectivity index (χ2v) is 9.86. The van der Waals surface area contributed by atoms with E-state index in [1.807, 2.05) is 0 Å². The maximum atomic E-state index is 12.7. The number of fused-ring (bicyclic) bond motifs is 1. The number of oxime groups is 1. The highest BCUT2D eigenvalue weighted by molar-refractivity contribution is 8.03. The molecule has 2 aliphatic rings. The zero-order valence-corrected chi connectivity index (χ0v) is 18.5. The van der Waals surface area contributed by atoms with Crippen LogP contribution >= 0.6 is 46.0 Å². The van der Waals surface area contributed by atoms with Crippen LogP contribution in [-0.2, 0) is 14.4 Å². The summed E-state index contributed by atoms with van der Waals surface area (Å²) in [5, 5.41) is 26.9. The monoisotopic (exact) mass is 500 g/mol. The molecule has 4 heterocycles. The number of thiazole rings is 2. The van der Waals surface area contributed by atoms with Gasteiger partial charge in [0.25, 0.3) is 11.8 Å². The van der Waals surface area contributed by atoms with Gasteiger partial charge in [0.15, 0.2) is 10.8 Å². The number of aliphatic carboxylic acids is 1. The zero-order valence-electron chi connectivity index (χ0n) is 15.3. The standard InChI is InChI=1S/C16H13ClN6O5S3/c17-12-9(21-16(18)31-12)10(22-28)13(24)20-8-5-1-2-6(30-7-3-29-4-19-7)11(15(26)27)23(5)14(8)25/h3-5,8,28H,1-2H2,(H2,18,21)(H,20,24)(H,26,27)/b22-10-/t5-,8+/m1/s1. The van der Waals surface area contributed by atoms with Crippen LogP contribution in [-0.4, -0.2) is 60.8 Å². The van der Waals surface area contributed by atoms with Crippen LogP contribution in [0.4, 0.5) is 5.13 Å². The number of thioether (sulfide) groups is 1. The number of nitrogens with one attached hydrogen (secondary N) is 1. The number of carboxylic acids is 1. The SMILES string of the molecule is Nc1nc(/C(=N/O)C(=O)N[C@@H]2C(=O)N3C(C(=O)O)=C(Sc4cscn4)CC[C@H]23)c(Cl)s1. The van der Waals surface area contributed by atoms with E-state index < -0.39 is 35.6 Å². The number of hydrogen-bond donors (Lipinski definition) is 4. The molecule has 5 N–H and O–H groups in total. The molecule has 0 spiro atoms. The van der Waals surface area contributed by atoms with Gasteiger partial charge in [-0.3, -0.25) is 14.5 Å². The first-order valence-corrected chi connectivity index (χ1v) is 11.6. The molecule has 15 heteroatoms. The normalized spacial score (nSPS) is 21.0. The lowest BCUT2D eigenvalue weighted by Crippen LogP contribution is -2.72. The quantitative estimate of drug-likeness (QED) is 0.199. The minimum absolute atomic E-state index is 0.0551. The highest BCUT2D eigenvalue weighted by Crippen LogP contribution is 2.43. The van der Waals surface area contributed by atoms with Crippen LogP contribution in [0.5, 0.6) is 0 Å². The Kier molecular flexibility index (Phi) is 5.88. The number of allylic oxidation sites excluding steroid dienone is 1. The van der Waals surface area contributed by atoms with E-state index in [0.717, 1.165) is 11.3 Å². The molecule has 0 saturated carbocycles. The van der Waals surface area contributed by atoms with Gasteiger partial charge in [0.2, 0.25) is 0 Å². The number of rotatable bonds is 6. The van der Waals surface area contributed by atoms with E-state index >= 15 is 0 Å². The Morgan fingerprint density at radius 3 is 2.81 bits per heavy atom. The molecule has 0 aromatic carbocycles. The fraction of sp³-hybridized carbons (Fsp3) is 0.250. The summed E-state index contributed by atoms with van der Waals surface area (Å²) < 4.78 is 0.0551. The first-order valence-electron chi connectivity index (χ1n) is 8.62. The molecule has 162 valence electrons. The van der Waals surface area contributed by atoms with Crippen LogP contribution in [0.15, 0.2) is 31.7 Å². The van der Waals surface area contributed by atoms with Gasteiger partial charge < -0.3 is 21.4 Å². The third kappa shape index (κ3) is 3.86. The Labute approximate surface area is 191 Å². The van der Waals surface area contributed by atoms with E-state index in [9.17, 15) is 24.7 Å². The van der Waals surface area contributed by atoms with Crippen molar-refractivity contribution in [2.75, 3.05) is 5.73 Å². The summed E-state index contributed by atoms with van der Waals surface area (Å²) in [7, 11) is 0. The largest absolute Gasteiger partial charge is 0.477 e. The van der Waals surface area contributed by atoms with E-state index in [1.54, 1.807) is 10.9 Å². The summed E-state index contributed by atoms with van der Waals surface area (Å²) in [4.78, 5) is 46.9. The smallest absolute Gasteiger partial charge is 0.353 e. The number of aromatic nitrogens is 2. The molecule has 11 nitrogen and oxygen atoms in total. The maximum absolute atomic E-state index is 12.7. The molecule has 2 aromatic heterocycles. The molecular formula is C16H13ClN6O5S3. The summed E-state index contributed by atoms with van der Waals surface area (Å²) in [6.45, 7) is 0. The van der Waals surface area contributed by atoms with Crippen LogP contribution in [0.3, 0.4) is 0 Å². The fourth-order valence-electron chi connectivity index (χ4n) is 3.38. The molecule has 2 amide bonds. The highest BCUT2D eigenvalue weighted by atomic mass is 35.5. The Bertz CT molecular complexity index is 1130. The van der Waals surface area contributed by atoms with Gasteiger partial charge in [0.1, 0.15) is 26.8 Å². The van der Waals surface area contributed by atoms with Crippen molar-refractivity contribution in [2.24, 2.45) is 5.16 Å². The number of hydrogen-bond acceptors (Lipinski definition) is 11. The van der Waals surface area contributed by atoms with Crippen molar-refractivity contribution in [3.05, 3.63) is 31.5 Å². The number of β-lactam (4-membered cyclic amide) rings is 1. The summed E-state index contributed by atoms with van der Waals surface area (Å²) in [5.74, 6) is -2.69. The molecule has 2 atom stereocenters. The average molecular weight is 501 g/mol. The first-order chi connectivity index (χ1) is 14.8. The Hall–Kier alpha value is -2.68. The molecular weight excluding hydrogens is 488 g/mol. The molecule has 0 unspecified atom stereocenters. The number of nitrogen functional groups attached to an aromatic ring is 1. The second-order valence-electron chi connectivity index (χ2n) is 6.39. The highest BCUT2D eigenvalue weighted by Gasteiger charge is 2.54. The molecule has 4 rings (SSSR count). The van der Waals surface area contributed by atoms with Crippen molar-refractivity contribution < 1.29 is 24.7 Å². The molecule has 0 bridgehead atoms. The van der Waals surface area contributed by atoms with Gasteiger partial charge in [-0.1, -0.05) is 39.9 Å². The van der Waals surface area contributed by atoms with Gasteiger partial charge in [0, 0.05) is 10.3 Å². The lowest BCUT2D eigenvalue weighted by atomic mass is 9.86. The van der Waals surface area contributed by atoms with Crippen LogP contribution in [0.25, 0.3) is 0 Å². The third-order valence-electron chi connectivity index (χ3n) is 4.66. The molecule has 2 aromatic rings. The minimum atomic E-state index is -1.23. The summed E-state index contributed by atoms with van der Waals surface area (Å²) in [5.41, 5.74) is 6.48. The third-order valence-corrected chi connectivity index (χ3v) is 7.56. The van der Waals surface area contributed by atoms with Crippen LogP contribution in [0.1, 0.15) is 18.5 Å². The van der Waals surface area contributed by atoms with Crippen molar-refractivity contribution in [1.29, 1.82) is 0 Å². The van der Waals surface area contributed by atoms with E-state index in [4.69, 9.17) is 17.3 Å². The number of carbonyl (C=O) groups excluding carboxylic acids is 2. The van der Waals surface area contributed by atoms with Gasteiger partial charge in [-0.15, -0.1) is 11.3 Å². The Morgan fingerprint density at radius 1 is 1.45 bits per heavy atom. The Morgan fingerprint density at radius 2 is 2.23 bits per heavy atom. The molecule has 0 aliphatic carbocycles. The summed E-state index contributed by atoms with van der Waals surface area (Å²) >= 11 is 9.45. The summed E-state index contributed by atoms with van der Waals surface area (Å²) in [6.07, 6.45) is 0.843. The minimum Gasteiger partial charge on any atom is -0.477 e. The van der Waals surface area contributed by atoms with E-state index in [2.05, 4.69) is 20.4 Å². The van der Waals surface area contributed by atoms with E-state index in [-0.39, 0.29) is 20.9 Å². The van der Waals surface area contributed by atoms with Crippen molar-refractivity contribution in [1.82, 2.24) is 20.2 Å². The molecule has 1 saturated heterocycles. The molecule has 1 fully saturated rings. The number of carbonyl (C=O) groups is 3. The van der Waals surface area contributed by atoms with Gasteiger partial charge in [0.05, 0.1) is 11.6 Å². The predicted octanol–water partition coefficient (Wildman–Crippen LogP) is 1.59. The van der Waals surface area contributed by atoms with Gasteiger partial charge in [-0.05, 0) is 12.8 Å². The lowest BCUT2D eigenvalue weighted by molar-refractivity contribution is -0.155. The van der Waals surface area contributed by atoms with Crippen molar-refractivity contribution in [3.63, 3.8) is 0 Å². The average Bonchev–Trinajstić information content (AvgIpc) is 3.35. The van der Waals surface area contributed by atoms with Crippen molar-refractivity contribution in [3.8, 4) is 0 Å². The van der Waals surface area contributed by atoms with Crippen LogP contribution < -0.4 is 11.1 Å². The van der Waals surface area contributed by atoms with Crippen molar-refractivity contribution in [2.45, 2.75) is 30.0 Å². The number of halogens is 1. The van der Waals surface area contributed by atoms with E-state index in [1.165, 1.54) is 28.0 Å². The zero-order chi connectivity index (χ0) is 22.3. The van der Waals surface area contributed by atoms with Crippen LogP contribution in [0.2, 0.25) is 4.34 Å². The molecule has 2 aliphatic heterocycles. The van der Waals surface area contributed by atoms with Crippen molar-refractivity contribution >= 4 is 74.7 Å². The topological polar surface area (TPSA) is 171 Å². The predicted molar refractivity (Wildman–Crippen MR) is 114 cm³/mol.